The molecule has 0 radical (unpaired) electrons. The predicted molar refractivity (Wildman–Crippen MR) is 207 cm³/mol. The van der Waals surface area contributed by atoms with Gasteiger partial charge in [0.1, 0.15) is 6.61 Å². The van der Waals surface area contributed by atoms with E-state index in [9.17, 15) is 14.2 Å². The molecule has 0 aromatic rings. The molecule has 0 bridgehead atoms. The van der Waals surface area contributed by atoms with Crippen molar-refractivity contribution in [1.29, 1.82) is 0 Å². The highest BCUT2D eigenvalue weighted by molar-refractivity contribution is 7.46. The first-order valence-electron chi connectivity index (χ1n) is 21.0. The van der Waals surface area contributed by atoms with Gasteiger partial charge in [0, 0.05) is 12.8 Å². The SMILES string of the molecule is CCCCCCCC/C=C/CCCCCCCCCCCC(=O)OC[C@H](COP(=O)(O)O)OC(=O)CCCCCCCCCCCCCCC. The van der Waals surface area contributed by atoms with Crippen molar-refractivity contribution in [3.05, 3.63) is 12.2 Å². The van der Waals surface area contributed by atoms with Crippen LogP contribution in [0.15, 0.2) is 12.2 Å². The summed E-state index contributed by atoms with van der Waals surface area (Å²) in [6.45, 7) is 3.69. The number of carbonyl (C=O) groups excluding carboxylic acids is 2. The highest BCUT2D eigenvalue weighted by atomic mass is 31.2. The van der Waals surface area contributed by atoms with Crippen LogP contribution in [0.5, 0.6) is 0 Å². The molecule has 8 nitrogen and oxygen atoms in total. The maximum absolute atomic E-state index is 12.4. The lowest BCUT2D eigenvalue weighted by atomic mass is 10.0. The topological polar surface area (TPSA) is 119 Å². The molecule has 0 amide bonds. The fraction of sp³-hybridized carbons (Fsp3) is 0.902. The number of carbonyl (C=O) groups is 2. The number of esters is 2. The molecule has 0 aliphatic carbocycles. The summed E-state index contributed by atoms with van der Waals surface area (Å²) in [4.78, 5) is 42.8. The molecule has 0 unspecified atom stereocenters. The number of rotatable bonds is 39. The van der Waals surface area contributed by atoms with Gasteiger partial charge in [-0.25, -0.2) is 4.57 Å². The molecule has 9 heteroatoms. The normalized spacial score (nSPS) is 12.5. The van der Waals surface area contributed by atoms with Gasteiger partial charge in [-0.15, -0.1) is 0 Å². The fourth-order valence-corrected chi connectivity index (χ4v) is 6.49. The fourth-order valence-electron chi connectivity index (χ4n) is 6.13. The Morgan fingerprint density at radius 2 is 0.840 bits per heavy atom. The highest BCUT2D eigenvalue weighted by Gasteiger charge is 2.22. The molecule has 0 aromatic heterocycles. The molecular formula is C41H79O8P. The summed E-state index contributed by atoms with van der Waals surface area (Å²) in [5.41, 5.74) is 0. The number of allylic oxidation sites excluding steroid dienone is 2. The number of hydrogen-bond acceptors (Lipinski definition) is 6. The molecule has 0 spiro atoms. The number of phosphoric ester groups is 1. The van der Waals surface area contributed by atoms with E-state index >= 15 is 0 Å². The minimum atomic E-state index is -4.75. The minimum Gasteiger partial charge on any atom is -0.462 e. The largest absolute Gasteiger partial charge is 0.469 e. The van der Waals surface area contributed by atoms with Crippen molar-refractivity contribution in [3.63, 3.8) is 0 Å². The Morgan fingerprint density at radius 3 is 1.22 bits per heavy atom. The number of hydrogen-bond donors (Lipinski definition) is 2. The van der Waals surface area contributed by atoms with Crippen LogP contribution in [0.1, 0.15) is 219 Å². The highest BCUT2D eigenvalue weighted by Crippen LogP contribution is 2.36. The van der Waals surface area contributed by atoms with Crippen LogP contribution in [0.4, 0.5) is 0 Å². The van der Waals surface area contributed by atoms with Crippen molar-refractivity contribution in [1.82, 2.24) is 0 Å². The van der Waals surface area contributed by atoms with Gasteiger partial charge in [-0.3, -0.25) is 14.1 Å². The third kappa shape index (κ3) is 39.6. The van der Waals surface area contributed by atoms with Gasteiger partial charge >= 0.3 is 19.8 Å². The Bertz CT molecular complexity index is 827. The van der Waals surface area contributed by atoms with Gasteiger partial charge in [0.2, 0.25) is 0 Å². The molecule has 0 heterocycles. The lowest BCUT2D eigenvalue weighted by Crippen LogP contribution is -2.29. The van der Waals surface area contributed by atoms with E-state index in [0.717, 1.165) is 38.5 Å². The maximum Gasteiger partial charge on any atom is 0.469 e. The molecule has 0 saturated heterocycles. The third-order valence-electron chi connectivity index (χ3n) is 9.28. The van der Waals surface area contributed by atoms with Crippen molar-refractivity contribution in [2.45, 2.75) is 225 Å². The summed E-state index contributed by atoms with van der Waals surface area (Å²) in [6.07, 6.45) is 40.7. The zero-order valence-corrected chi connectivity index (χ0v) is 33.5. The maximum atomic E-state index is 12.4. The smallest absolute Gasteiger partial charge is 0.462 e. The summed E-state index contributed by atoms with van der Waals surface area (Å²) in [5, 5.41) is 0. The monoisotopic (exact) mass is 731 g/mol. The van der Waals surface area contributed by atoms with Gasteiger partial charge in [0.25, 0.3) is 0 Å². The molecule has 0 rings (SSSR count). The van der Waals surface area contributed by atoms with Gasteiger partial charge < -0.3 is 19.3 Å². The molecular weight excluding hydrogens is 651 g/mol. The van der Waals surface area contributed by atoms with Gasteiger partial charge in [-0.1, -0.05) is 180 Å². The van der Waals surface area contributed by atoms with Gasteiger partial charge in [0.05, 0.1) is 6.61 Å². The predicted octanol–water partition coefficient (Wildman–Crippen LogP) is 12.6. The molecule has 0 aliphatic heterocycles. The van der Waals surface area contributed by atoms with Crippen LogP contribution in [-0.2, 0) is 28.2 Å². The van der Waals surface area contributed by atoms with E-state index in [-0.39, 0.29) is 19.4 Å². The Labute approximate surface area is 307 Å². The number of unbranched alkanes of at least 4 members (excludes halogenated alkanes) is 27. The Balaban J connectivity index is 3.86. The molecule has 0 aliphatic rings. The van der Waals surface area contributed by atoms with Crippen molar-refractivity contribution in [3.8, 4) is 0 Å². The molecule has 1 atom stereocenters. The van der Waals surface area contributed by atoms with Crippen LogP contribution in [0, 0.1) is 0 Å². The second kappa shape index (κ2) is 37.5. The number of phosphoric acid groups is 1. The summed E-state index contributed by atoms with van der Waals surface area (Å²) < 4.78 is 26.4. The molecule has 0 saturated carbocycles. The van der Waals surface area contributed by atoms with Crippen molar-refractivity contribution >= 4 is 19.8 Å². The molecule has 0 aromatic carbocycles. The van der Waals surface area contributed by atoms with Crippen molar-refractivity contribution in [2.75, 3.05) is 13.2 Å². The molecule has 50 heavy (non-hydrogen) atoms. The van der Waals surface area contributed by atoms with E-state index < -0.39 is 32.5 Å². The summed E-state index contributed by atoms with van der Waals surface area (Å²) in [6, 6.07) is 0. The Kier molecular flexibility index (Phi) is 36.6. The van der Waals surface area contributed by atoms with Gasteiger partial charge in [0.15, 0.2) is 6.10 Å². The van der Waals surface area contributed by atoms with Crippen LogP contribution in [0.3, 0.4) is 0 Å². The standard InChI is InChI=1S/C41H79O8P/c1-3-5-7-9-11-13-15-17-18-19-20-21-22-24-25-27-29-31-33-35-40(42)47-37-39(38-48-50(44,45)46)49-41(43)36-34-32-30-28-26-23-16-14-12-10-8-6-4-2/h17-18,39H,3-16,19-38H2,1-2H3,(H2,44,45,46)/b18-17+/t39-/m1/s1. The van der Waals surface area contributed by atoms with Crippen molar-refractivity contribution < 1.29 is 37.9 Å². The van der Waals surface area contributed by atoms with E-state index in [0.29, 0.717) is 6.42 Å². The summed E-state index contributed by atoms with van der Waals surface area (Å²) >= 11 is 0. The van der Waals surface area contributed by atoms with Crippen LogP contribution in [0.2, 0.25) is 0 Å². The average molecular weight is 731 g/mol. The number of ether oxygens (including phenoxy) is 2. The Morgan fingerprint density at radius 1 is 0.500 bits per heavy atom. The van der Waals surface area contributed by atoms with E-state index in [1.807, 2.05) is 0 Å². The summed E-state index contributed by atoms with van der Waals surface area (Å²) in [7, 11) is -4.75. The van der Waals surface area contributed by atoms with E-state index in [1.54, 1.807) is 0 Å². The van der Waals surface area contributed by atoms with E-state index in [2.05, 4.69) is 30.5 Å². The third-order valence-corrected chi connectivity index (χ3v) is 9.77. The van der Waals surface area contributed by atoms with E-state index in [1.165, 1.54) is 148 Å². The zero-order chi connectivity index (χ0) is 36.8. The second-order valence-electron chi connectivity index (χ2n) is 14.3. The molecule has 296 valence electrons. The molecule has 0 fully saturated rings. The Hall–Kier alpha value is -1.21. The van der Waals surface area contributed by atoms with E-state index in [4.69, 9.17) is 19.3 Å². The first kappa shape index (κ1) is 48.8. The van der Waals surface area contributed by atoms with Gasteiger partial charge in [-0.2, -0.15) is 0 Å². The van der Waals surface area contributed by atoms with Gasteiger partial charge in [-0.05, 0) is 38.5 Å². The first-order chi connectivity index (χ1) is 24.3. The minimum absolute atomic E-state index is 0.217. The first-order valence-corrected chi connectivity index (χ1v) is 22.5. The second-order valence-corrected chi connectivity index (χ2v) is 15.6. The summed E-state index contributed by atoms with van der Waals surface area (Å²) in [5.74, 6) is -0.876. The zero-order valence-electron chi connectivity index (χ0n) is 32.6. The lowest BCUT2D eigenvalue weighted by Gasteiger charge is -2.18. The van der Waals surface area contributed by atoms with Crippen LogP contribution in [0.25, 0.3) is 0 Å². The van der Waals surface area contributed by atoms with Crippen LogP contribution in [-0.4, -0.2) is 41.0 Å². The van der Waals surface area contributed by atoms with Crippen molar-refractivity contribution in [2.24, 2.45) is 0 Å². The lowest BCUT2D eigenvalue weighted by molar-refractivity contribution is -0.161. The molecule has 2 N–H and O–H groups in total. The average Bonchev–Trinajstić information content (AvgIpc) is 3.08. The van der Waals surface area contributed by atoms with Crippen LogP contribution >= 0.6 is 7.82 Å². The van der Waals surface area contributed by atoms with Crippen LogP contribution < -0.4 is 0 Å². The quantitative estimate of drug-likeness (QED) is 0.0278.